The molecule has 0 bridgehead atoms. The van der Waals surface area contributed by atoms with Crippen LogP contribution < -0.4 is 10.7 Å². The topological polar surface area (TPSA) is 51.1 Å². The molecule has 0 aliphatic heterocycles. The van der Waals surface area contributed by atoms with Crippen LogP contribution in [0.5, 0.6) is 0 Å². The van der Waals surface area contributed by atoms with Crippen molar-refractivity contribution in [3.8, 4) is 0 Å². The Kier molecular flexibility index (Phi) is 3.08. The van der Waals surface area contributed by atoms with Gasteiger partial charge in [0.1, 0.15) is 6.54 Å². The first kappa shape index (κ1) is 12.9. The first-order chi connectivity index (χ1) is 9.54. The highest BCUT2D eigenvalue weighted by atomic mass is 16.2. The highest BCUT2D eigenvalue weighted by Crippen LogP contribution is 2.19. The summed E-state index contributed by atoms with van der Waals surface area (Å²) in [6, 6.07) is 5.86. The summed E-state index contributed by atoms with van der Waals surface area (Å²) in [6.07, 6.45) is 3.86. The van der Waals surface area contributed by atoms with Crippen LogP contribution in [0.2, 0.25) is 0 Å². The van der Waals surface area contributed by atoms with E-state index in [1.54, 1.807) is 6.20 Å². The third kappa shape index (κ3) is 2.46. The van der Waals surface area contributed by atoms with Gasteiger partial charge in [-0.05, 0) is 43.9 Å². The van der Waals surface area contributed by atoms with E-state index in [2.05, 4.69) is 5.32 Å². The van der Waals surface area contributed by atoms with Crippen molar-refractivity contribution in [1.82, 2.24) is 9.88 Å². The quantitative estimate of drug-likeness (QED) is 0.926. The minimum absolute atomic E-state index is 0.0105. The zero-order chi connectivity index (χ0) is 14.3. The van der Waals surface area contributed by atoms with Gasteiger partial charge in [0.05, 0.1) is 5.52 Å². The summed E-state index contributed by atoms with van der Waals surface area (Å²) in [7, 11) is 0. The minimum atomic E-state index is 0.0105. The van der Waals surface area contributed by atoms with Crippen LogP contribution >= 0.6 is 0 Å². The van der Waals surface area contributed by atoms with Crippen LogP contribution in [0, 0.1) is 13.8 Å². The van der Waals surface area contributed by atoms with Gasteiger partial charge in [-0.1, -0.05) is 6.07 Å². The van der Waals surface area contributed by atoms with Gasteiger partial charge < -0.3 is 9.88 Å². The Morgan fingerprint density at radius 3 is 2.80 bits per heavy atom. The molecule has 0 spiro atoms. The second-order valence-electron chi connectivity index (χ2n) is 5.63. The van der Waals surface area contributed by atoms with Gasteiger partial charge in [0.25, 0.3) is 0 Å². The number of aryl methyl sites for hydroxylation is 2. The number of pyridine rings is 1. The molecule has 1 N–H and O–H groups in total. The highest BCUT2D eigenvalue weighted by Gasteiger charge is 2.23. The van der Waals surface area contributed by atoms with Gasteiger partial charge in [-0.2, -0.15) is 0 Å². The number of benzene rings is 1. The van der Waals surface area contributed by atoms with E-state index in [-0.39, 0.29) is 17.9 Å². The number of fused-ring (bicyclic) bond motifs is 1. The van der Waals surface area contributed by atoms with Crippen molar-refractivity contribution in [3.63, 3.8) is 0 Å². The molecule has 20 heavy (non-hydrogen) atoms. The Morgan fingerprint density at radius 2 is 2.10 bits per heavy atom. The smallest absolute Gasteiger partial charge is 0.240 e. The molecule has 0 unspecified atom stereocenters. The fourth-order valence-electron chi connectivity index (χ4n) is 2.61. The predicted molar refractivity (Wildman–Crippen MR) is 78.8 cm³/mol. The summed E-state index contributed by atoms with van der Waals surface area (Å²) in [5, 5.41) is 3.68. The van der Waals surface area contributed by atoms with Crippen LogP contribution in [0.15, 0.2) is 29.2 Å². The number of aromatic nitrogens is 1. The van der Waals surface area contributed by atoms with E-state index < -0.39 is 0 Å². The van der Waals surface area contributed by atoms with Crippen LogP contribution in [0.4, 0.5) is 0 Å². The third-order valence-electron chi connectivity index (χ3n) is 3.68. The molecule has 4 nitrogen and oxygen atoms in total. The molecule has 2 aromatic rings. The lowest BCUT2D eigenvalue weighted by Gasteiger charge is -2.13. The number of nitrogens with zero attached hydrogens (tertiary/aromatic N) is 1. The van der Waals surface area contributed by atoms with Crippen molar-refractivity contribution in [3.05, 3.63) is 45.7 Å². The lowest BCUT2D eigenvalue weighted by Crippen LogP contribution is -2.29. The molecule has 4 heteroatoms. The van der Waals surface area contributed by atoms with E-state index in [0.717, 1.165) is 29.5 Å². The Bertz CT molecular complexity index is 742. The first-order valence-electron chi connectivity index (χ1n) is 6.94. The van der Waals surface area contributed by atoms with Gasteiger partial charge in [0.2, 0.25) is 5.91 Å². The molecule has 1 fully saturated rings. The molecule has 0 saturated heterocycles. The van der Waals surface area contributed by atoms with E-state index in [1.807, 2.05) is 30.5 Å². The standard InChI is InChI=1S/C16H18N2O2/c1-10-7-11(2)16-13(8-10)18(6-5-14(16)19)9-15(20)17-12-3-4-12/h5-8,12H,3-4,9H2,1-2H3,(H,17,20). The molecule has 0 atom stereocenters. The Balaban J connectivity index is 2.04. The summed E-state index contributed by atoms with van der Waals surface area (Å²) < 4.78 is 1.86. The molecule has 1 amide bonds. The van der Waals surface area contributed by atoms with E-state index in [0.29, 0.717) is 11.4 Å². The molecule has 1 aliphatic carbocycles. The average Bonchev–Trinajstić information content (AvgIpc) is 3.16. The molecule has 104 valence electrons. The van der Waals surface area contributed by atoms with E-state index in [9.17, 15) is 9.59 Å². The summed E-state index contributed by atoms with van der Waals surface area (Å²) in [4.78, 5) is 24.0. The van der Waals surface area contributed by atoms with Crippen molar-refractivity contribution in [2.45, 2.75) is 39.3 Å². The zero-order valence-corrected chi connectivity index (χ0v) is 11.8. The van der Waals surface area contributed by atoms with E-state index >= 15 is 0 Å². The van der Waals surface area contributed by atoms with Crippen LogP contribution in [-0.4, -0.2) is 16.5 Å². The highest BCUT2D eigenvalue weighted by molar-refractivity contribution is 5.85. The molecular formula is C16H18N2O2. The Labute approximate surface area is 117 Å². The fraction of sp³-hybridized carbons (Fsp3) is 0.375. The number of carbonyl (C=O) groups is 1. The lowest BCUT2D eigenvalue weighted by atomic mass is 10.1. The maximum absolute atomic E-state index is 12.0. The molecule has 1 saturated carbocycles. The van der Waals surface area contributed by atoms with Crippen LogP contribution in [0.1, 0.15) is 24.0 Å². The summed E-state index contributed by atoms with van der Waals surface area (Å²) in [6.45, 7) is 4.19. The largest absolute Gasteiger partial charge is 0.352 e. The summed E-state index contributed by atoms with van der Waals surface area (Å²) in [5.74, 6) is 0.0107. The SMILES string of the molecule is Cc1cc(C)c2c(=O)ccn(CC(=O)NC3CC3)c2c1. The number of amides is 1. The molecule has 1 aliphatic rings. The number of carbonyl (C=O) groups excluding carboxylic acids is 1. The van der Waals surface area contributed by atoms with E-state index in [4.69, 9.17) is 0 Å². The number of rotatable bonds is 3. The second kappa shape index (κ2) is 4.78. The van der Waals surface area contributed by atoms with Crippen molar-refractivity contribution in [2.75, 3.05) is 0 Å². The van der Waals surface area contributed by atoms with Gasteiger partial charge in [-0.25, -0.2) is 0 Å². The van der Waals surface area contributed by atoms with Crippen LogP contribution in [0.25, 0.3) is 10.9 Å². The fourth-order valence-corrected chi connectivity index (χ4v) is 2.61. The molecule has 1 heterocycles. The van der Waals surface area contributed by atoms with Crippen LogP contribution in [0.3, 0.4) is 0 Å². The number of nitrogens with one attached hydrogen (secondary N) is 1. The first-order valence-corrected chi connectivity index (χ1v) is 6.94. The Hall–Kier alpha value is -2.10. The monoisotopic (exact) mass is 270 g/mol. The van der Waals surface area contributed by atoms with Crippen LogP contribution in [-0.2, 0) is 11.3 Å². The lowest BCUT2D eigenvalue weighted by molar-refractivity contribution is -0.121. The maximum Gasteiger partial charge on any atom is 0.240 e. The molecule has 0 radical (unpaired) electrons. The number of hydrogen-bond acceptors (Lipinski definition) is 2. The molecule has 1 aromatic heterocycles. The van der Waals surface area contributed by atoms with Crippen molar-refractivity contribution in [2.24, 2.45) is 0 Å². The van der Waals surface area contributed by atoms with Crippen molar-refractivity contribution in [1.29, 1.82) is 0 Å². The molecule has 1 aromatic carbocycles. The van der Waals surface area contributed by atoms with Gasteiger partial charge in [0.15, 0.2) is 5.43 Å². The minimum Gasteiger partial charge on any atom is -0.352 e. The van der Waals surface area contributed by atoms with Gasteiger partial charge >= 0.3 is 0 Å². The average molecular weight is 270 g/mol. The predicted octanol–water partition coefficient (Wildman–Crippen LogP) is 1.90. The summed E-state index contributed by atoms with van der Waals surface area (Å²) >= 11 is 0. The second-order valence-corrected chi connectivity index (χ2v) is 5.63. The molecular weight excluding hydrogens is 252 g/mol. The Morgan fingerprint density at radius 1 is 1.35 bits per heavy atom. The normalized spacial score (nSPS) is 14.5. The van der Waals surface area contributed by atoms with Crippen molar-refractivity contribution >= 4 is 16.8 Å². The van der Waals surface area contributed by atoms with Gasteiger partial charge in [-0.3, -0.25) is 9.59 Å². The van der Waals surface area contributed by atoms with Crippen molar-refractivity contribution < 1.29 is 4.79 Å². The zero-order valence-electron chi connectivity index (χ0n) is 11.8. The van der Waals surface area contributed by atoms with Gasteiger partial charge in [-0.15, -0.1) is 0 Å². The number of hydrogen-bond donors (Lipinski definition) is 1. The van der Waals surface area contributed by atoms with E-state index in [1.165, 1.54) is 6.07 Å². The summed E-state index contributed by atoms with van der Waals surface area (Å²) in [5.41, 5.74) is 2.90. The third-order valence-corrected chi connectivity index (χ3v) is 3.68. The van der Waals surface area contributed by atoms with Gasteiger partial charge in [0, 0.05) is 23.7 Å². The molecule has 3 rings (SSSR count). The maximum atomic E-state index is 12.0.